The molecule has 0 aliphatic carbocycles. The fourth-order valence-corrected chi connectivity index (χ4v) is 10.4. The van der Waals surface area contributed by atoms with E-state index in [4.69, 9.17) is 0 Å². The number of para-hydroxylation sites is 2. The van der Waals surface area contributed by atoms with Gasteiger partial charge in [0.15, 0.2) is 0 Å². The maximum Gasteiger partial charge on any atom is 0.252 e. The lowest BCUT2D eigenvalue weighted by atomic mass is 9.33. The quantitative estimate of drug-likeness (QED) is 0.154. The Kier molecular flexibility index (Phi) is 9.77. The van der Waals surface area contributed by atoms with Crippen molar-refractivity contribution in [1.82, 2.24) is 0 Å². The van der Waals surface area contributed by atoms with Gasteiger partial charge in [0.1, 0.15) is 0 Å². The van der Waals surface area contributed by atoms with Crippen LogP contribution in [0.4, 0.5) is 34.1 Å². The smallest absolute Gasteiger partial charge is 0.252 e. The highest BCUT2D eigenvalue weighted by atomic mass is 15.2. The van der Waals surface area contributed by atoms with Crippen LogP contribution in [0.3, 0.4) is 0 Å². The summed E-state index contributed by atoms with van der Waals surface area (Å²) in [4.78, 5) is 5.18. The molecule has 0 spiro atoms. The van der Waals surface area contributed by atoms with E-state index in [9.17, 15) is 0 Å². The third-order valence-corrected chi connectivity index (χ3v) is 13.5. The SMILES string of the molecule is CC(C)(C)c1cc2c3c(c1)N(c1ccccc1-c1ccccc1)c1ccc(-c4ccccc4C(C)(C)C)cc1B3c1cc(-c3ccccc3)ccc1N2c1ccccc1-c1ccccc1. The molecule has 3 heteroatoms. The lowest BCUT2D eigenvalue weighted by Gasteiger charge is -2.46. The molecule has 0 unspecified atom stereocenters. The summed E-state index contributed by atoms with van der Waals surface area (Å²) in [6.45, 7) is 14.0. The van der Waals surface area contributed by atoms with Crippen LogP contribution in [-0.2, 0) is 10.8 Å². The monoisotopic (exact) mass is 836 g/mol. The van der Waals surface area contributed by atoms with Crippen LogP contribution in [0, 0.1) is 0 Å². The van der Waals surface area contributed by atoms with Crippen LogP contribution in [0.15, 0.2) is 212 Å². The van der Waals surface area contributed by atoms with Gasteiger partial charge in [-0.15, -0.1) is 0 Å². The largest absolute Gasteiger partial charge is 0.311 e. The second-order valence-corrected chi connectivity index (χ2v) is 19.8. The minimum absolute atomic E-state index is 0.0368. The summed E-state index contributed by atoms with van der Waals surface area (Å²) in [5.74, 6) is 0. The Balaban J connectivity index is 1.28. The molecule has 65 heavy (non-hydrogen) atoms. The molecule has 9 aromatic rings. The average molecular weight is 837 g/mol. The standard InChI is InChI=1S/C62H53BN2/c1-61(2,3)47-40-58-60-59(41-47)65(55-33-21-18-30-50(55)44-26-14-9-15-27-44)57-37-35-46(48-28-16-19-31-51(48)62(4,5)6)39-53(57)63(60)52-38-45(42-22-10-7-11-23-42)34-36-56(52)64(58)54-32-20-17-29-49(54)43-24-12-8-13-25-43/h7-41H,1-6H3. The topological polar surface area (TPSA) is 6.48 Å². The normalized spacial score (nSPS) is 13.0. The minimum Gasteiger partial charge on any atom is -0.311 e. The Morgan fingerprint density at radius 2 is 0.723 bits per heavy atom. The molecule has 314 valence electrons. The molecule has 0 saturated heterocycles. The fourth-order valence-electron chi connectivity index (χ4n) is 10.4. The highest BCUT2D eigenvalue weighted by Gasteiger charge is 2.45. The Morgan fingerprint density at radius 3 is 1.22 bits per heavy atom. The highest BCUT2D eigenvalue weighted by molar-refractivity contribution is 7.00. The summed E-state index contributed by atoms with van der Waals surface area (Å²) in [5, 5.41) is 0. The van der Waals surface area contributed by atoms with Gasteiger partial charge < -0.3 is 9.80 Å². The predicted molar refractivity (Wildman–Crippen MR) is 280 cm³/mol. The Labute approximate surface area is 385 Å². The van der Waals surface area contributed by atoms with E-state index >= 15 is 0 Å². The van der Waals surface area contributed by atoms with Crippen LogP contribution in [0.25, 0.3) is 44.5 Å². The number of hydrogen-bond acceptors (Lipinski definition) is 2. The van der Waals surface area contributed by atoms with E-state index in [0.717, 1.165) is 11.4 Å². The van der Waals surface area contributed by atoms with Crippen LogP contribution in [0.2, 0.25) is 0 Å². The van der Waals surface area contributed by atoms with E-state index in [0.29, 0.717) is 0 Å². The third kappa shape index (κ3) is 6.98. The number of hydrogen-bond donors (Lipinski definition) is 0. The van der Waals surface area contributed by atoms with Crippen molar-refractivity contribution in [1.29, 1.82) is 0 Å². The first-order valence-corrected chi connectivity index (χ1v) is 23.1. The Hall–Kier alpha value is -7.36. The molecular weight excluding hydrogens is 784 g/mol. The number of fused-ring (bicyclic) bond motifs is 4. The van der Waals surface area contributed by atoms with Crippen LogP contribution in [0.1, 0.15) is 52.7 Å². The molecule has 0 saturated carbocycles. The van der Waals surface area contributed by atoms with Gasteiger partial charge in [0.25, 0.3) is 6.71 Å². The first-order valence-electron chi connectivity index (χ1n) is 23.1. The van der Waals surface area contributed by atoms with Crippen molar-refractivity contribution in [2.75, 3.05) is 9.80 Å². The molecule has 2 aliphatic rings. The van der Waals surface area contributed by atoms with Gasteiger partial charge >= 0.3 is 0 Å². The molecule has 0 radical (unpaired) electrons. The molecular formula is C62H53BN2. The molecule has 2 heterocycles. The van der Waals surface area contributed by atoms with Crippen molar-refractivity contribution in [2.24, 2.45) is 0 Å². The number of rotatable bonds is 6. The van der Waals surface area contributed by atoms with Gasteiger partial charge in [-0.25, -0.2) is 0 Å². The summed E-state index contributed by atoms with van der Waals surface area (Å²) < 4.78 is 0. The summed E-state index contributed by atoms with van der Waals surface area (Å²) in [7, 11) is 0. The van der Waals surface area contributed by atoms with Gasteiger partial charge in [0, 0.05) is 33.9 Å². The highest BCUT2D eigenvalue weighted by Crippen LogP contribution is 2.50. The van der Waals surface area contributed by atoms with Crippen molar-refractivity contribution >= 4 is 57.2 Å². The van der Waals surface area contributed by atoms with Gasteiger partial charge in [0.2, 0.25) is 0 Å². The van der Waals surface area contributed by atoms with Crippen LogP contribution in [-0.4, -0.2) is 6.71 Å². The van der Waals surface area contributed by atoms with Gasteiger partial charge in [-0.3, -0.25) is 0 Å². The second-order valence-electron chi connectivity index (χ2n) is 19.8. The van der Waals surface area contributed by atoms with Gasteiger partial charge in [0.05, 0.1) is 11.4 Å². The number of anilines is 6. The first-order chi connectivity index (χ1) is 31.5. The minimum atomic E-state index is -0.144. The zero-order valence-corrected chi connectivity index (χ0v) is 38.2. The van der Waals surface area contributed by atoms with Crippen LogP contribution >= 0.6 is 0 Å². The zero-order chi connectivity index (χ0) is 44.5. The van der Waals surface area contributed by atoms with Crippen molar-refractivity contribution < 1.29 is 0 Å². The molecule has 0 atom stereocenters. The van der Waals surface area contributed by atoms with E-state index in [2.05, 4.69) is 264 Å². The van der Waals surface area contributed by atoms with Crippen molar-refractivity contribution in [3.05, 3.63) is 223 Å². The molecule has 11 rings (SSSR count). The zero-order valence-electron chi connectivity index (χ0n) is 38.2. The average Bonchev–Trinajstić information content (AvgIpc) is 3.34. The van der Waals surface area contributed by atoms with Crippen molar-refractivity contribution in [3.63, 3.8) is 0 Å². The maximum atomic E-state index is 2.59. The molecule has 9 aromatic carbocycles. The summed E-state index contributed by atoms with van der Waals surface area (Å²) in [6, 6.07) is 79.1. The molecule has 2 nitrogen and oxygen atoms in total. The van der Waals surface area contributed by atoms with E-state index in [1.54, 1.807) is 0 Å². The van der Waals surface area contributed by atoms with E-state index in [-0.39, 0.29) is 17.5 Å². The van der Waals surface area contributed by atoms with E-state index in [1.165, 1.54) is 94.8 Å². The fraction of sp³-hybridized carbons (Fsp3) is 0.129. The van der Waals surface area contributed by atoms with Crippen molar-refractivity contribution in [3.8, 4) is 44.5 Å². The first kappa shape index (κ1) is 40.4. The Morgan fingerprint density at radius 1 is 0.308 bits per heavy atom. The summed E-state index contributed by atoms with van der Waals surface area (Å²) in [5.41, 5.74) is 23.2. The second kappa shape index (κ2) is 15.7. The van der Waals surface area contributed by atoms with Gasteiger partial charge in [-0.1, -0.05) is 217 Å². The van der Waals surface area contributed by atoms with Gasteiger partial charge in [-0.05, 0) is 108 Å². The summed E-state index contributed by atoms with van der Waals surface area (Å²) >= 11 is 0. The molecule has 0 amide bonds. The molecule has 0 fully saturated rings. The maximum absolute atomic E-state index is 2.59. The lowest BCUT2D eigenvalue weighted by Crippen LogP contribution is -2.61. The molecule has 0 aromatic heterocycles. The third-order valence-electron chi connectivity index (χ3n) is 13.5. The summed E-state index contributed by atoms with van der Waals surface area (Å²) in [6.07, 6.45) is 0. The predicted octanol–water partition coefficient (Wildman–Crippen LogP) is 15.0. The Bertz CT molecular complexity index is 3210. The van der Waals surface area contributed by atoms with Crippen molar-refractivity contribution in [2.45, 2.75) is 52.4 Å². The number of benzene rings is 9. The van der Waals surface area contributed by atoms with E-state index < -0.39 is 0 Å². The van der Waals surface area contributed by atoms with E-state index in [1.807, 2.05) is 0 Å². The van der Waals surface area contributed by atoms with Crippen LogP contribution in [0.5, 0.6) is 0 Å². The number of nitrogens with zero attached hydrogens (tertiary/aromatic N) is 2. The lowest BCUT2D eigenvalue weighted by molar-refractivity contribution is 0.590. The van der Waals surface area contributed by atoms with Gasteiger partial charge in [-0.2, -0.15) is 0 Å². The molecule has 0 bridgehead atoms. The molecule has 2 aliphatic heterocycles. The molecule has 0 N–H and O–H groups in total. The van der Waals surface area contributed by atoms with Crippen LogP contribution < -0.4 is 26.2 Å².